The first-order valence-corrected chi connectivity index (χ1v) is 10.4. The molecule has 0 saturated carbocycles. The number of halogens is 1. The monoisotopic (exact) mass is 409 g/mol. The summed E-state index contributed by atoms with van der Waals surface area (Å²) in [5, 5.41) is 7.98. The Bertz CT molecular complexity index is 968. The number of benzene rings is 1. The standard InChI is InChI=1S/C23H28FN5O/c1-14-11-17(26)4-5-18(14)22-19(15-3-6-21(30-2)20(24)12-15)13-27-23(28-22)29-9-7-16(25)8-10-29/h3-6,12-14,16,18,26H,7-11,25H2,1-2H3. The summed E-state index contributed by atoms with van der Waals surface area (Å²) in [5.41, 5.74) is 9.07. The molecule has 2 aromatic rings. The fraction of sp³-hybridized carbons (Fsp3) is 0.435. The molecule has 4 rings (SSSR count). The van der Waals surface area contributed by atoms with Crippen molar-refractivity contribution in [3.05, 3.63) is 48.1 Å². The number of methoxy groups -OCH3 is 1. The molecule has 2 atom stereocenters. The van der Waals surface area contributed by atoms with Gasteiger partial charge in [0, 0.05) is 42.5 Å². The van der Waals surface area contributed by atoms with Gasteiger partial charge in [-0.25, -0.2) is 14.4 Å². The predicted octanol–water partition coefficient (Wildman–Crippen LogP) is 3.92. The van der Waals surface area contributed by atoms with Crippen LogP contribution in [-0.2, 0) is 0 Å². The molecule has 158 valence electrons. The topological polar surface area (TPSA) is 88.1 Å². The number of rotatable bonds is 4. The summed E-state index contributed by atoms with van der Waals surface area (Å²) in [6.45, 7) is 3.79. The molecule has 1 aliphatic heterocycles. The quantitative estimate of drug-likeness (QED) is 0.799. The number of nitrogens with zero attached hydrogens (tertiary/aromatic N) is 3. The molecule has 3 N–H and O–H groups in total. The first-order valence-electron chi connectivity index (χ1n) is 10.4. The van der Waals surface area contributed by atoms with Gasteiger partial charge in [-0.1, -0.05) is 19.1 Å². The molecular formula is C23H28FN5O. The molecule has 0 radical (unpaired) electrons. The van der Waals surface area contributed by atoms with E-state index in [1.165, 1.54) is 13.2 Å². The average molecular weight is 410 g/mol. The zero-order valence-corrected chi connectivity index (χ0v) is 17.4. The molecular weight excluding hydrogens is 381 g/mol. The van der Waals surface area contributed by atoms with Gasteiger partial charge in [-0.2, -0.15) is 0 Å². The minimum absolute atomic E-state index is 0.0352. The number of anilines is 1. The Kier molecular flexibility index (Phi) is 5.81. The largest absolute Gasteiger partial charge is 0.494 e. The lowest BCUT2D eigenvalue weighted by atomic mass is 9.80. The van der Waals surface area contributed by atoms with Crippen LogP contribution in [0.25, 0.3) is 11.1 Å². The van der Waals surface area contributed by atoms with Gasteiger partial charge in [-0.3, -0.25) is 0 Å². The maximum absolute atomic E-state index is 14.4. The van der Waals surface area contributed by atoms with E-state index in [9.17, 15) is 4.39 Å². The fourth-order valence-corrected chi connectivity index (χ4v) is 4.26. The summed E-state index contributed by atoms with van der Waals surface area (Å²) in [4.78, 5) is 11.8. The highest BCUT2D eigenvalue weighted by Crippen LogP contribution is 2.38. The lowest BCUT2D eigenvalue weighted by Crippen LogP contribution is -2.40. The lowest BCUT2D eigenvalue weighted by molar-refractivity contribution is 0.386. The van der Waals surface area contributed by atoms with Crippen molar-refractivity contribution in [2.45, 2.75) is 38.1 Å². The van der Waals surface area contributed by atoms with E-state index in [1.54, 1.807) is 12.3 Å². The van der Waals surface area contributed by atoms with E-state index in [-0.39, 0.29) is 23.6 Å². The Morgan fingerprint density at radius 3 is 2.70 bits per heavy atom. The van der Waals surface area contributed by atoms with Gasteiger partial charge < -0.3 is 20.8 Å². The molecule has 1 aliphatic carbocycles. The second kappa shape index (κ2) is 8.52. The fourth-order valence-electron chi connectivity index (χ4n) is 4.26. The van der Waals surface area contributed by atoms with Gasteiger partial charge >= 0.3 is 0 Å². The van der Waals surface area contributed by atoms with E-state index < -0.39 is 5.82 Å². The third-order valence-corrected chi connectivity index (χ3v) is 6.07. The highest BCUT2D eigenvalue weighted by molar-refractivity contribution is 5.93. The van der Waals surface area contributed by atoms with Gasteiger partial charge in [0.05, 0.1) is 12.8 Å². The van der Waals surface area contributed by atoms with Crippen LogP contribution in [0.4, 0.5) is 10.3 Å². The van der Waals surface area contributed by atoms with Crippen LogP contribution in [0.1, 0.15) is 37.8 Å². The Balaban J connectivity index is 1.78. The third-order valence-electron chi connectivity index (χ3n) is 6.07. The smallest absolute Gasteiger partial charge is 0.225 e. The van der Waals surface area contributed by atoms with Crippen molar-refractivity contribution in [1.82, 2.24) is 9.97 Å². The highest BCUT2D eigenvalue weighted by Gasteiger charge is 2.28. The van der Waals surface area contributed by atoms with Crippen LogP contribution in [0.15, 0.2) is 36.5 Å². The minimum Gasteiger partial charge on any atom is -0.494 e. The maximum atomic E-state index is 14.4. The Hall–Kier alpha value is -2.80. The first kappa shape index (κ1) is 20.5. The first-order chi connectivity index (χ1) is 14.5. The molecule has 2 aliphatic rings. The number of piperidine rings is 1. The van der Waals surface area contributed by atoms with E-state index in [1.807, 2.05) is 18.2 Å². The van der Waals surface area contributed by atoms with E-state index in [0.29, 0.717) is 18.1 Å². The second-order valence-corrected chi connectivity index (χ2v) is 8.23. The van der Waals surface area contributed by atoms with Gasteiger partial charge in [0.25, 0.3) is 0 Å². The molecule has 2 unspecified atom stereocenters. The molecule has 7 heteroatoms. The van der Waals surface area contributed by atoms with Crippen molar-refractivity contribution in [1.29, 1.82) is 5.41 Å². The maximum Gasteiger partial charge on any atom is 0.225 e. The number of hydrogen-bond acceptors (Lipinski definition) is 6. The van der Waals surface area contributed by atoms with E-state index >= 15 is 0 Å². The van der Waals surface area contributed by atoms with Crippen LogP contribution >= 0.6 is 0 Å². The number of hydrogen-bond donors (Lipinski definition) is 2. The molecule has 0 bridgehead atoms. The van der Waals surface area contributed by atoms with Crippen LogP contribution in [0, 0.1) is 17.1 Å². The Labute approximate surface area is 176 Å². The predicted molar refractivity (Wildman–Crippen MR) is 117 cm³/mol. The molecule has 2 heterocycles. The number of aromatic nitrogens is 2. The van der Waals surface area contributed by atoms with Gasteiger partial charge in [0.1, 0.15) is 0 Å². The number of allylic oxidation sites excluding steroid dienone is 2. The van der Waals surface area contributed by atoms with E-state index in [4.69, 9.17) is 20.9 Å². The molecule has 0 spiro atoms. The molecule has 30 heavy (non-hydrogen) atoms. The van der Waals surface area contributed by atoms with Crippen LogP contribution in [0.5, 0.6) is 5.75 Å². The number of nitrogens with one attached hydrogen (secondary N) is 1. The van der Waals surface area contributed by atoms with Crippen molar-refractivity contribution in [2.24, 2.45) is 11.7 Å². The van der Waals surface area contributed by atoms with Gasteiger partial charge in [0.2, 0.25) is 5.95 Å². The third kappa shape index (κ3) is 4.07. The number of nitrogens with two attached hydrogens (primary N) is 1. The normalized spacial score (nSPS) is 22.4. The van der Waals surface area contributed by atoms with E-state index in [2.05, 4.69) is 16.8 Å². The molecule has 1 saturated heterocycles. The van der Waals surface area contributed by atoms with Gasteiger partial charge in [-0.05, 0) is 49.0 Å². The zero-order chi connectivity index (χ0) is 21.3. The average Bonchev–Trinajstić information content (AvgIpc) is 2.74. The van der Waals surface area contributed by atoms with E-state index in [0.717, 1.165) is 42.8 Å². The van der Waals surface area contributed by atoms with Crippen LogP contribution in [0.3, 0.4) is 0 Å². The second-order valence-electron chi connectivity index (χ2n) is 8.23. The highest BCUT2D eigenvalue weighted by atomic mass is 19.1. The lowest BCUT2D eigenvalue weighted by Gasteiger charge is -2.32. The van der Waals surface area contributed by atoms with Crippen molar-refractivity contribution in [3.63, 3.8) is 0 Å². The Morgan fingerprint density at radius 1 is 1.27 bits per heavy atom. The Morgan fingerprint density at radius 2 is 2.03 bits per heavy atom. The van der Waals surface area contributed by atoms with Crippen molar-refractivity contribution in [3.8, 4) is 16.9 Å². The van der Waals surface area contributed by atoms with Crippen molar-refractivity contribution >= 4 is 11.7 Å². The molecule has 0 amide bonds. The van der Waals surface area contributed by atoms with Gasteiger partial charge in [0.15, 0.2) is 11.6 Å². The SMILES string of the molecule is COc1ccc(-c2cnc(N3CCC(N)CC3)nc2C2C=CC(=N)CC2C)cc1F. The minimum atomic E-state index is -0.413. The molecule has 6 nitrogen and oxygen atoms in total. The van der Waals surface area contributed by atoms with Crippen molar-refractivity contribution < 1.29 is 9.13 Å². The van der Waals surface area contributed by atoms with Crippen molar-refractivity contribution in [2.75, 3.05) is 25.1 Å². The molecule has 1 fully saturated rings. The number of ether oxygens (including phenoxy) is 1. The summed E-state index contributed by atoms with van der Waals surface area (Å²) in [5.74, 6) is 0.747. The van der Waals surface area contributed by atoms with Crippen LogP contribution < -0.4 is 15.4 Å². The summed E-state index contributed by atoms with van der Waals surface area (Å²) in [7, 11) is 1.45. The van der Waals surface area contributed by atoms with Crippen LogP contribution in [-0.4, -0.2) is 41.9 Å². The summed E-state index contributed by atoms with van der Waals surface area (Å²) in [6, 6.07) is 5.17. The summed E-state index contributed by atoms with van der Waals surface area (Å²) in [6.07, 6.45) is 8.22. The van der Waals surface area contributed by atoms with Crippen LogP contribution in [0.2, 0.25) is 0 Å². The molecule has 1 aromatic heterocycles. The van der Waals surface area contributed by atoms with Gasteiger partial charge in [-0.15, -0.1) is 0 Å². The zero-order valence-electron chi connectivity index (χ0n) is 17.4. The molecule has 1 aromatic carbocycles. The summed E-state index contributed by atoms with van der Waals surface area (Å²) < 4.78 is 19.5. The summed E-state index contributed by atoms with van der Waals surface area (Å²) >= 11 is 0.